The van der Waals surface area contributed by atoms with Crippen molar-refractivity contribution in [1.29, 1.82) is 0 Å². The van der Waals surface area contributed by atoms with Crippen LogP contribution in [0.2, 0.25) is 5.02 Å². The molecule has 1 unspecified atom stereocenters. The fourth-order valence-corrected chi connectivity index (χ4v) is 4.77. The molecule has 0 aliphatic carbocycles. The van der Waals surface area contributed by atoms with Gasteiger partial charge in [-0.3, -0.25) is 14.5 Å². The summed E-state index contributed by atoms with van der Waals surface area (Å²) in [4.78, 5) is 28.6. The highest BCUT2D eigenvalue weighted by Crippen LogP contribution is 2.43. The lowest BCUT2D eigenvalue weighted by atomic mass is 9.94. The average Bonchev–Trinajstić information content (AvgIpc) is 3.42. The molecular weight excluding hydrogens is 478 g/mol. The van der Waals surface area contributed by atoms with Gasteiger partial charge >= 0.3 is 0 Å². The van der Waals surface area contributed by atoms with Crippen LogP contribution in [-0.4, -0.2) is 23.9 Å². The van der Waals surface area contributed by atoms with Gasteiger partial charge in [-0.15, -0.1) is 0 Å². The van der Waals surface area contributed by atoms with Crippen molar-refractivity contribution in [2.75, 3.05) is 12.0 Å². The SMILES string of the molecule is COc1cc(Cl)cc2cc(C(=O)C3=C(O)C(=O)N(c4ccc(C(C)C)cc4)C3c3ccccc3)oc12. The lowest BCUT2D eigenvalue weighted by molar-refractivity contribution is -0.117. The number of amides is 1. The van der Waals surface area contributed by atoms with Crippen molar-refractivity contribution in [3.05, 3.63) is 106 Å². The minimum atomic E-state index is -0.838. The molecular formula is C29H24ClNO5. The van der Waals surface area contributed by atoms with Gasteiger partial charge < -0.3 is 14.3 Å². The van der Waals surface area contributed by atoms with Gasteiger partial charge in [0.25, 0.3) is 5.91 Å². The quantitative estimate of drug-likeness (QED) is 0.288. The molecule has 0 fully saturated rings. The standard InChI is InChI=1S/C29H24ClNO5/c1-16(2)17-9-11-21(12-10-17)31-25(18-7-5-4-6-8-18)24(27(33)29(31)34)26(32)22-14-19-13-20(30)15-23(35-3)28(19)36-22/h4-16,25,33H,1-3H3. The highest BCUT2D eigenvalue weighted by molar-refractivity contribution is 6.31. The van der Waals surface area contributed by atoms with Crippen molar-refractivity contribution in [2.45, 2.75) is 25.8 Å². The topological polar surface area (TPSA) is 80.0 Å². The second-order valence-electron chi connectivity index (χ2n) is 8.96. The molecule has 182 valence electrons. The third kappa shape index (κ3) is 3.93. The number of Topliss-reactive ketones (excluding diaryl/α,β-unsaturated/α-hetero) is 1. The summed E-state index contributed by atoms with van der Waals surface area (Å²) in [6.07, 6.45) is 0. The predicted octanol–water partition coefficient (Wildman–Crippen LogP) is 7.00. The molecule has 7 heteroatoms. The maximum absolute atomic E-state index is 13.8. The first kappa shape index (κ1) is 23.7. The molecule has 5 rings (SSSR count). The normalized spacial score (nSPS) is 15.9. The number of fused-ring (bicyclic) bond motifs is 1. The Bertz CT molecular complexity index is 1500. The Hall–Kier alpha value is -4.03. The van der Waals surface area contributed by atoms with Gasteiger partial charge in [0, 0.05) is 22.2 Å². The zero-order valence-corrected chi connectivity index (χ0v) is 20.7. The number of aliphatic hydroxyl groups is 1. The number of hydrogen-bond acceptors (Lipinski definition) is 5. The minimum absolute atomic E-state index is 0.0298. The van der Waals surface area contributed by atoms with E-state index in [2.05, 4.69) is 13.8 Å². The fraction of sp³-hybridized carbons (Fsp3) is 0.172. The Morgan fingerprint density at radius 1 is 1.06 bits per heavy atom. The Morgan fingerprint density at radius 3 is 2.39 bits per heavy atom. The molecule has 6 nitrogen and oxygen atoms in total. The van der Waals surface area contributed by atoms with E-state index in [1.807, 2.05) is 54.6 Å². The molecule has 1 N–H and O–H groups in total. The average molecular weight is 502 g/mol. The molecule has 1 aliphatic heterocycles. The van der Waals surface area contributed by atoms with Gasteiger partial charge in [-0.05, 0) is 41.3 Å². The van der Waals surface area contributed by atoms with Crippen LogP contribution in [0.5, 0.6) is 5.75 Å². The van der Waals surface area contributed by atoms with Crippen LogP contribution in [0.4, 0.5) is 5.69 Å². The first-order valence-electron chi connectivity index (χ1n) is 11.5. The fourth-order valence-electron chi connectivity index (χ4n) is 4.56. The van der Waals surface area contributed by atoms with Crippen LogP contribution in [0.15, 0.2) is 88.5 Å². The Kier molecular flexibility index (Phi) is 6.06. The van der Waals surface area contributed by atoms with Gasteiger partial charge in [0.1, 0.15) is 0 Å². The summed E-state index contributed by atoms with van der Waals surface area (Å²) < 4.78 is 11.2. The van der Waals surface area contributed by atoms with Crippen molar-refractivity contribution in [1.82, 2.24) is 0 Å². The zero-order chi connectivity index (χ0) is 25.6. The molecule has 0 bridgehead atoms. The molecule has 3 aromatic carbocycles. The third-order valence-electron chi connectivity index (χ3n) is 6.40. The van der Waals surface area contributed by atoms with Crippen molar-refractivity contribution in [2.24, 2.45) is 0 Å². The minimum Gasteiger partial charge on any atom is -0.503 e. The van der Waals surface area contributed by atoms with E-state index in [-0.39, 0.29) is 11.3 Å². The molecule has 1 atom stereocenters. The van der Waals surface area contributed by atoms with E-state index in [1.165, 1.54) is 12.0 Å². The number of ether oxygens (including phenoxy) is 1. The zero-order valence-electron chi connectivity index (χ0n) is 20.0. The molecule has 1 amide bonds. The monoisotopic (exact) mass is 501 g/mol. The molecule has 36 heavy (non-hydrogen) atoms. The summed E-state index contributed by atoms with van der Waals surface area (Å²) in [5.41, 5.74) is 2.67. The number of furan rings is 1. The van der Waals surface area contributed by atoms with Crippen LogP contribution in [0.1, 0.15) is 47.5 Å². The summed E-state index contributed by atoms with van der Waals surface area (Å²) in [6, 6.07) is 20.6. The lowest BCUT2D eigenvalue weighted by Gasteiger charge is -2.27. The largest absolute Gasteiger partial charge is 0.503 e. The first-order chi connectivity index (χ1) is 17.3. The molecule has 2 heterocycles. The van der Waals surface area contributed by atoms with Crippen LogP contribution in [-0.2, 0) is 4.79 Å². The predicted molar refractivity (Wildman–Crippen MR) is 139 cm³/mol. The highest BCUT2D eigenvalue weighted by atomic mass is 35.5. The summed E-state index contributed by atoms with van der Waals surface area (Å²) in [5.74, 6) is -1.18. The summed E-state index contributed by atoms with van der Waals surface area (Å²) in [7, 11) is 1.48. The number of methoxy groups -OCH3 is 1. The maximum Gasteiger partial charge on any atom is 0.294 e. The van der Waals surface area contributed by atoms with Crippen LogP contribution in [0.25, 0.3) is 11.0 Å². The van der Waals surface area contributed by atoms with Gasteiger partial charge in [-0.25, -0.2) is 0 Å². The van der Waals surface area contributed by atoms with E-state index in [0.717, 1.165) is 5.56 Å². The number of aliphatic hydroxyl groups excluding tert-OH is 1. The summed E-state index contributed by atoms with van der Waals surface area (Å²) >= 11 is 6.17. The van der Waals surface area contributed by atoms with E-state index in [4.69, 9.17) is 20.8 Å². The number of hydrogen-bond donors (Lipinski definition) is 1. The van der Waals surface area contributed by atoms with Gasteiger partial charge in [0.05, 0.1) is 18.7 Å². The molecule has 4 aromatic rings. The van der Waals surface area contributed by atoms with Crippen molar-refractivity contribution < 1.29 is 23.8 Å². The number of halogens is 1. The van der Waals surface area contributed by atoms with E-state index in [9.17, 15) is 14.7 Å². The Labute approximate surface area is 213 Å². The van der Waals surface area contributed by atoms with Gasteiger partial charge in [-0.2, -0.15) is 0 Å². The number of benzene rings is 3. The number of ketones is 1. The van der Waals surface area contributed by atoms with Crippen LogP contribution in [0.3, 0.4) is 0 Å². The number of carbonyl (C=O) groups excluding carboxylic acids is 2. The van der Waals surface area contributed by atoms with Gasteiger partial charge in [0.2, 0.25) is 5.78 Å². The van der Waals surface area contributed by atoms with Crippen LogP contribution >= 0.6 is 11.6 Å². The molecule has 1 aromatic heterocycles. The van der Waals surface area contributed by atoms with E-state index >= 15 is 0 Å². The molecule has 0 spiro atoms. The molecule has 1 aliphatic rings. The third-order valence-corrected chi connectivity index (χ3v) is 6.61. The van der Waals surface area contributed by atoms with E-state index in [1.54, 1.807) is 18.2 Å². The molecule has 0 saturated carbocycles. The van der Waals surface area contributed by atoms with Gasteiger partial charge in [0.15, 0.2) is 22.9 Å². The van der Waals surface area contributed by atoms with Gasteiger partial charge in [-0.1, -0.05) is 67.9 Å². The highest BCUT2D eigenvalue weighted by Gasteiger charge is 2.45. The van der Waals surface area contributed by atoms with Crippen molar-refractivity contribution >= 4 is 39.9 Å². The van der Waals surface area contributed by atoms with E-state index < -0.39 is 23.5 Å². The number of anilines is 1. The second-order valence-corrected chi connectivity index (χ2v) is 9.40. The van der Waals surface area contributed by atoms with Crippen LogP contribution < -0.4 is 9.64 Å². The number of carbonyl (C=O) groups is 2. The Morgan fingerprint density at radius 2 is 1.75 bits per heavy atom. The van der Waals surface area contributed by atoms with Crippen molar-refractivity contribution in [3.63, 3.8) is 0 Å². The summed E-state index contributed by atoms with van der Waals surface area (Å²) in [6.45, 7) is 4.17. The van der Waals surface area contributed by atoms with E-state index in [0.29, 0.717) is 38.9 Å². The second kappa shape index (κ2) is 9.21. The number of nitrogens with zero attached hydrogens (tertiary/aromatic N) is 1. The van der Waals surface area contributed by atoms with Crippen LogP contribution in [0, 0.1) is 0 Å². The Balaban J connectivity index is 1.63. The molecule has 0 saturated heterocycles. The number of rotatable bonds is 6. The lowest BCUT2D eigenvalue weighted by Crippen LogP contribution is -2.31. The molecule has 0 radical (unpaired) electrons. The summed E-state index contributed by atoms with van der Waals surface area (Å²) in [5, 5.41) is 12.0. The maximum atomic E-state index is 13.8. The van der Waals surface area contributed by atoms with Crippen molar-refractivity contribution in [3.8, 4) is 5.75 Å². The first-order valence-corrected chi connectivity index (χ1v) is 11.9. The smallest absolute Gasteiger partial charge is 0.294 e.